The molecule has 4 nitrogen and oxygen atoms in total. The lowest BCUT2D eigenvalue weighted by molar-refractivity contribution is 0.388. The Balaban J connectivity index is 2.21. The van der Waals surface area contributed by atoms with Crippen molar-refractivity contribution in [1.29, 1.82) is 0 Å². The van der Waals surface area contributed by atoms with Crippen molar-refractivity contribution in [3.8, 4) is 5.75 Å². The topological polar surface area (TPSA) is 50.8 Å². The van der Waals surface area contributed by atoms with E-state index in [1.54, 1.807) is 7.11 Å². The Morgan fingerprint density at radius 1 is 1.56 bits per heavy atom. The Hall–Kier alpha value is -1.23. The minimum Gasteiger partial charge on any atom is -0.495 e. The Bertz CT molecular complexity index is 420. The van der Waals surface area contributed by atoms with E-state index < -0.39 is 0 Å². The number of hydrogen-bond acceptors (Lipinski definition) is 4. The van der Waals surface area contributed by atoms with Gasteiger partial charge < -0.3 is 15.4 Å². The van der Waals surface area contributed by atoms with Crippen molar-refractivity contribution in [2.45, 2.75) is 6.54 Å². The summed E-state index contributed by atoms with van der Waals surface area (Å²) in [4.78, 5) is 6.21. The molecule has 0 aliphatic carbocycles. The van der Waals surface area contributed by atoms with E-state index >= 15 is 0 Å². The lowest BCUT2D eigenvalue weighted by atomic mass is 10.2. The summed E-state index contributed by atoms with van der Waals surface area (Å²) >= 11 is 3.47. The number of halogens is 1. The third-order valence-corrected chi connectivity index (χ3v) is 3.21. The van der Waals surface area contributed by atoms with Crippen LogP contribution in [0.2, 0.25) is 0 Å². The predicted octanol–water partition coefficient (Wildman–Crippen LogP) is 1.59. The monoisotopic (exact) mass is 283 g/mol. The molecule has 0 aromatic heterocycles. The summed E-state index contributed by atoms with van der Waals surface area (Å²) in [5.41, 5.74) is 6.89. The van der Waals surface area contributed by atoms with Gasteiger partial charge in [0, 0.05) is 18.7 Å². The first-order valence-corrected chi connectivity index (χ1v) is 5.88. The molecule has 2 rings (SSSR count). The van der Waals surface area contributed by atoms with E-state index in [1.165, 1.54) is 0 Å². The molecule has 86 valence electrons. The van der Waals surface area contributed by atoms with Gasteiger partial charge in [-0.25, -0.2) is 0 Å². The highest BCUT2D eigenvalue weighted by atomic mass is 79.9. The molecule has 1 aromatic rings. The summed E-state index contributed by atoms with van der Waals surface area (Å²) in [7, 11) is 1.67. The van der Waals surface area contributed by atoms with Crippen LogP contribution in [0.5, 0.6) is 5.75 Å². The van der Waals surface area contributed by atoms with Crippen LogP contribution in [0.4, 0.5) is 0 Å². The summed E-state index contributed by atoms with van der Waals surface area (Å²) < 4.78 is 6.33. The highest BCUT2D eigenvalue weighted by molar-refractivity contribution is 9.10. The van der Waals surface area contributed by atoms with Crippen LogP contribution >= 0.6 is 15.9 Å². The number of aliphatic imine (C=N–C) groups is 1. The standard InChI is InChI=1S/C11H14BrN3O/c1-16-10-8(3-2-4-9(10)12)7-15-6-5-14-11(15)13/h2-4H,5-7H2,1H3,(H2,13,14). The largest absolute Gasteiger partial charge is 0.495 e. The van der Waals surface area contributed by atoms with Crippen LogP contribution in [0.1, 0.15) is 5.56 Å². The molecule has 0 bridgehead atoms. The molecule has 0 fully saturated rings. The van der Waals surface area contributed by atoms with Crippen molar-refractivity contribution in [2.75, 3.05) is 20.2 Å². The van der Waals surface area contributed by atoms with Gasteiger partial charge in [0.15, 0.2) is 5.96 Å². The number of guanidine groups is 1. The van der Waals surface area contributed by atoms with E-state index in [1.807, 2.05) is 23.1 Å². The molecule has 0 amide bonds. The SMILES string of the molecule is COc1c(Br)cccc1CN1CCN=C1N. The van der Waals surface area contributed by atoms with Gasteiger partial charge in [0.1, 0.15) is 5.75 Å². The van der Waals surface area contributed by atoms with E-state index in [2.05, 4.69) is 20.9 Å². The van der Waals surface area contributed by atoms with Crippen LogP contribution in [0.3, 0.4) is 0 Å². The van der Waals surface area contributed by atoms with Crippen LogP contribution in [-0.4, -0.2) is 31.1 Å². The van der Waals surface area contributed by atoms with Gasteiger partial charge in [-0.05, 0) is 22.0 Å². The molecule has 0 saturated heterocycles. The molecule has 1 aliphatic heterocycles. The quantitative estimate of drug-likeness (QED) is 0.917. The number of hydrogen-bond donors (Lipinski definition) is 1. The first kappa shape index (κ1) is 11.3. The van der Waals surface area contributed by atoms with E-state index in [-0.39, 0.29) is 0 Å². The summed E-state index contributed by atoms with van der Waals surface area (Å²) in [6, 6.07) is 5.99. The van der Waals surface area contributed by atoms with Gasteiger partial charge >= 0.3 is 0 Å². The zero-order valence-corrected chi connectivity index (χ0v) is 10.7. The Labute approximate surface area is 103 Å². The van der Waals surface area contributed by atoms with Crippen LogP contribution in [0, 0.1) is 0 Å². The maximum Gasteiger partial charge on any atom is 0.191 e. The van der Waals surface area contributed by atoms with Gasteiger partial charge in [-0.1, -0.05) is 12.1 Å². The highest BCUT2D eigenvalue weighted by Crippen LogP contribution is 2.29. The maximum atomic E-state index is 5.78. The highest BCUT2D eigenvalue weighted by Gasteiger charge is 2.16. The summed E-state index contributed by atoms with van der Waals surface area (Å²) in [5.74, 6) is 1.48. The Morgan fingerprint density at radius 2 is 2.38 bits per heavy atom. The maximum absolute atomic E-state index is 5.78. The van der Waals surface area contributed by atoms with E-state index in [0.29, 0.717) is 5.96 Å². The van der Waals surface area contributed by atoms with Crippen molar-refractivity contribution < 1.29 is 4.74 Å². The molecule has 0 radical (unpaired) electrons. The van der Waals surface area contributed by atoms with Crippen molar-refractivity contribution in [3.63, 3.8) is 0 Å². The minimum atomic E-state index is 0.613. The lowest BCUT2D eigenvalue weighted by Gasteiger charge is -2.19. The fourth-order valence-electron chi connectivity index (χ4n) is 1.77. The molecule has 0 unspecified atom stereocenters. The van der Waals surface area contributed by atoms with Gasteiger partial charge in [0.25, 0.3) is 0 Å². The van der Waals surface area contributed by atoms with Gasteiger partial charge in [-0.2, -0.15) is 0 Å². The molecule has 1 heterocycles. The smallest absolute Gasteiger partial charge is 0.191 e. The average molecular weight is 284 g/mol. The van der Waals surface area contributed by atoms with Crippen molar-refractivity contribution in [1.82, 2.24) is 4.90 Å². The molecular formula is C11H14BrN3O. The van der Waals surface area contributed by atoms with Gasteiger partial charge in [-0.15, -0.1) is 0 Å². The second-order valence-corrected chi connectivity index (χ2v) is 4.45. The van der Waals surface area contributed by atoms with E-state index in [4.69, 9.17) is 10.5 Å². The third-order valence-electron chi connectivity index (χ3n) is 2.58. The molecule has 0 atom stereocenters. The Morgan fingerprint density at radius 3 is 3.00 bits per heavy atom. The number of para-hydroxylation sites is 1. The van der Waals surface area contributed by atoms with Gasteiger partial charge in [0.2, 0.25) is 0 Å². The van der Waals surface area contributed by atoms with Crippen molar-refractivity contribution >= 4 is 21.9 Å². The first-order chi connectivity index (χ1) is 7.72. The van der Waals surface area contributed by atoms with Crippen LogP contribution in [0.15, 0.2) is 27.7 Å². The number of rotatable bonds is 3. The van der Waals surface area contributed by atoms with Crippen LogP contribution in [0.25, 0.3) is 0 Å². The third kappa shape index (κ3) is 2.14. The molecule has 5 heteroatoms. The second-order valence-electron chi connectivity index (χ2n) is 3.59. The summed E-state index contributed by atoms with van der Waals surface area (Å²) in [6.07, 6.45) is 0. The number of benzene rings is 1. The number of methoxy groups -OCH3 is 1. The predicted molar refractivity (Wildman–Crippen MR) is 67.6 cm³/mol. The minimum absolute atomic E-state index is 0.613. The fraction of sp³-hybridized carbons (Fsp3) is 0.364. The lowest BCUT2D eigenvalue weighted by Crippen LogP contribution is -2.33. The number of nitrogens with zero attached hydrogens (tertiary/aromatic N) is 2. The van der Waals surface area contributed by atoms with Crippen LogP contribution < -0.4 is 10.5 Å². The Kier molecular flexibility index (Phi) is 3.33. The first-order valence-electron chi connectivity index (χ1n) is 5.08. The van der Waals surface area contributed by atoms with Crippen LogP contribution in [-0.2, 0) is 6.54 Å². The fourth-order valence-corrected chi connectivity index (χ4v) is 2.34. The van der Waals surface area contributed by atoms with Crippen molar-refractivity contribution in [3.05, 3.63) is 28.2 Å². The van der Waals surface area contributed by atoms with Gasteiger partial charge in [-0.3, -0.25) is 4.99 Å². The van der Waals surface area contributed by atoms with E-state index in [0.717, 1.165) is 35.4 Å². The average Bonchev–Trinajstić information content (AvgIpc) is 2.65. The number of nitrogens with two attached hydrogens (primary N) is 1. The zero-order valence-electron chi connectivity index (χ0n) is 9.11. The molecule has 1 aromatic carbocycles. The summed E-state index contributed by atoms with van der Waals surface area (Å²) in [5, 5.41) is 0. The molecule has 0 saturated carbocycles. The molecule has 0 spiro atoms. The molecule has 16 heavy (non-hydrogen) atoms. The molecular weight excluding hydrogens is 270 g/mol. The van der Waals surface area contributed by atoms with Gasteiger partial charge in [0.05, 0.1) is 18.1 Å². The number of ether oxygens (including phenoxy) is 1. The van der Waals surface area contributed by atoms with Crippen molar-refractivity contribution in [2.24, 2.45) is 10.7 Å². The zero-order chi connectivity index (χ0) is 11.5. The summed E-state index contributed by atoms with van der Waals surface area (Å²) in [6.45, 7) is 2.39. The molecule has 2 N–H and O–H groups in total. The van der Waals surface area contributed by atoms with E-state index in [9.17, 15) is 0 Å². The second kappa shape index (κ2) is 4.74. The normalized spacial score (nSPS) is 15.1. The molecule has 1 aliphatic rings.